The summed E-state index contributed by atoms with van der Waals surface area (Å²) in [6.07, 6.45) is 13.7. The number of guanidine groups is 1. The van der Waals surface area contributed by atoms with Gasteiger partial charge in [-0.1, -0.05) is 31.7 Å². The van der Waals surface area contributed by atoms with Gasteiger partial charge in [0, 0.05) is 44.4 Å². The molecule has 7 heteroatoms. The van der Waals surface area contributed by atoms with Crippen molar-refractivity contribution in [1.82, 2.24) is 10.6 Å². The quantitative estimate of drug-likeness (QED) is 0.137. The second-order valence-corrected chi connectivity index (χ2v) is 8.05. The summed E-state index contributed by atoms with van der Waals surface area (Å²) >= 11 is 0. The lowest BCUT2D eigenvalue weighted by Gasteiger charge is -2.29. The number of rotatable bonds is 14. The van der Waals surface area contributed by atoms with Crippen molar-refractivity contribution < 1.29 is 4.74 Å². The van der Waals surface area contributed by atoms with Gasteiger partial charge in [-0.3, -0.25) is 10.3 Å². The zero-order valence-electron chi connectivity index (χ0n) is 19.0. The van der Waals surface area contributed by atoms with Crippen LogP contribution in [-0.2, 0) is 0 Å². The minimum absolute atomic E-state index is 0.553. The number of nitriles is 1. The number of ether oxygens (including phenoxy) is 1. The second kappa shape index (κ2) is 16.3. The van der Waals surface area contributed by atoms with Crippen LogP contribution in [0.4, 0.5) is 5.69 Å². The first-order chi connectivity index (χ1) is 15.3. The van der Waals surface area contributed by atoms with E-state index in [1.54, 1.807) is 0 Å². The molecule has 1 fully saturated rings. The Morgan fingerprint density at radius 3 is 2.61 bits per heavy atom. The molecule has 0 aromatic heterocycles. The van der Waals surface area contributed by atoms with Gasteiger partial charge in [-0.15, -0.1) is 0 Å². The van der Waals surface area contributed by atoms with E-state index >= 15 is 0 Å². The van der Waals surface area contributed by atoms with E-state index in [9.17, 15) is 0 Å². The van der Waals surface area contributed by atoms with Crippen LogP contribution in [0.3, 0.4) is 0 Å². The van der Waals surface area contributed by atoms with E-state index in [4.69, 9.17) is 15.7 Å². The van der Waals surface area contributed by atoms with Crippen molar-refractivity contribution in [2.75, 3.05) is 44.2 Å². The van der Waals surface area contributed by atoms with Crippen molar-refractivity contribution in [3.05, 3.63) is 24.3 Å². The molecular weight excluding hydrogens is 388 g/mol. The summed E-state index contributed by atoms with van der Waals surface area (Å²) in [5.41, 5.74) is 6.76. The molecule has 1 aliphatic heterocycles. The first-order valence-corrected chi connectivity index (χ1v) is 11.9. The maximum Gasteiger partial charge on any atom is 0.204 e. The number of nitrogens with zero attached hydrogens (tertiary/aromatic N) is 3. The average Bonchev–Trinajstić information content (AvgIpc) is 2.81. The Labute approximate surface area is 188 Å². The van der Waals surface area contributed by atoms with E-state index in [1.165, 1.54) is 50.6 Å². The number of piperidine rings is 1. The fourth-order valence-electron chi connectivity index (χ4n) is 3.74. The summed E-state index contributed by atoms with van der Waals surface area (Å²) in [7, 11) is 0. The summed E-state index contributed by atoms with van der Waals surface area (Å²) in [4.78, 5) is 6.90. The molecule has 0 atom stereocenters. The van der Waals surface area contributed by atoms with E-state index in [1.807, 2.05) is 12.3 Å². The molecule has 4 N–H and O–H groups in total. The fourth-order valence-corrected chi connectivity index (χ4v) is 3.74. The van der Waals surface area contributed by atoms with E-state index in [2.05, 4.69) is 38.7 Å². The topological polar surface area (TPSA) is 98.7 Å². The standard InChI is InChI=1S/C24H40N6O/c25-14-6-3-1-2-4-7-15-27-24(29-21-26)28-16-11-19-31-23-13-10-12-22(20-23)30-17-8-5-9-18-30/h10,12-13,20H,1-9,11,14-19,25H2,(H2,27,28,29). The van der Waals surface area contributed by atoms with Crippen LogP contribution in [0.15, 0.2) is 29.3 Å². The van der Waals surface area contributed by atoms with E-state index in [0.29, 0.717) is 19.1 Å². The summed E-state index contributed by atoms with van der Waals surface area (Å²) in [6.45, 7) is 5.10. The zero-order chi connectivity index (χ0) is 22.0. The molecule has 172 valence electrons. The van der Waals surface area contributed by atoms with Crippen LogP contribution in [0.25, 0.3) is 0 Å². The molecule has 31 heavy (non-hydrogen) atoms. The smallest absolute Gasteiger partial charge is 0.204 e. The molecule has 0 spiro atoms. The Balaban J connectivity index is 1.61. The highest BCUT2D eigenvalue weighted by atomic mass is 16.5. The third-order valence-electron chi connectivity index (χ3n) is 5.48. The van der Waals surface area contributed by atoms with E-state index in [-0.39, 0.29) is 0 Å². The molecule has 1 heterocycles. The number of hydrogen-bond donors (Lipinski definition) is 3. The third-order valence-corrected chi connectivity index (χ3v) is 5.48. The van der Waals surface area contributed by atoms with Gasteiger partial charge in [-0.2, -0.15) is 5.26 Å². The van der Waals surface area contributed by atoms with Gasteiger partial charge in [0.15, 0.2) is 6.19 Å². The molecule has 0 radical (unpaired) electrons. The van der Waals surface area contributed by atoms with Crippen molar-refractivity contribution in [3.8, 4) is 11.9 Å². The van der Waals surface area contributed by atoms with Crippen molar-refractivity contribution in [3.63, 3.8) is 0 Å². The monoisotopic (exact) mass is 428 g/mol. The fraction of sp³-hybridized carbons (Fsp3) is 0.667. The third kappa shape index (κ3) is 10.9. The minimum atomic E-state index is 0.553. The average molecular weight is 429 g/mol. The van der Waals surface area contributed by atoms with Crippen molar-refractivity contribution >= 4 is 11.6 Å². The van der Waals surface area contributed by atoms with Crippen LogP contribution in [0.5, 0.6) is 5.75 Å². The molecule has 1 aromatic rings. The van der Waals surface area contributed by atoms with Gasteiger partial charge >= 0.3 is 0 Å². The molecule has 0 unspecified atom stereocenters. The van der Waals surface area contributed by atoms with Crippen LogP contribution in [0.2, 0.25) is 0 Å². The molecule has 0 saturated carbocycles. The Hall–Kier alpha value is -2.46. The van der Waals surface area contributed by atoms with Crippen LogP contribution in [0, 0.1) is 11.5 Å². The lowest BCUT2D eigenvalue weighted by atomic mass is 10.1. The Bertz CT molecular complexity index is 666. The van der Waals surface area contributed by atoms with Gasteiger partial charge in [0.2, 0.25) is 5.96 Å². The number of unbranched alkanes of at least 4 members (excludes halogenated alkanes) is 5. The molecule has 1 aliphatic rings. The Kier molecular flexibility index (Phi) is 13.0. The highest BCUT2D eigenvalue weighted by molar-refractivity contribution is 5.81. The van der Waals surface area contributed by atoms with Gasteiger partial charge in [0.05, 0.1) is 6.61 Å². The van der Waals surface area contributed by atoms with Gasteiger partial charge < -0.3 is 20.7 Å². The van der Waals surface area contributed by atoms with Gasteiger partial charge in [-0.25, -0.2) is 0 Å². The first kappa shape index (κ1) is 24.8. The van der Waals surface area contributed by atoms with E-state index < -0.39 is 0 Å². The number of benzene rings is 1. The molecule has 1 saturated heterocycles. The van der Waals surface area contributed by atoms with Crippen molar-refractivity contribution in [1.29, 1.82) is 5.26 Å². The zero-order valence-corrected chi connectivity index (χ0v) is 19.0. The number of aliphatic imine (C=N–C) groups is 1. The number of nitrogens with one attached hydrogen (secondary N) is 2. The number of anilines is 1. The Morgan fingerprint density at radius 1 is 1.06 bits per heavy atom. The van der Waals surface area contributed by atoms with Crippen LogP contribution >= 0.6 is 0 Å². The van der Waals surface area contributed by atoms with Crippen LogP contribution in [-0.4, -0.2) is 45.3 Å². The van der Waals surface area contributed by atoms with Crippen LogP contribution < -0.4 is 26.0 Å². The molecule has 0 aliphatic carbocycles. The van der Waals surface area contributed by atoms with Gasteiger partial charge in [-0.05, 0) is 50.8 Å². The predicted octanol–water partition coefficient (Wildman–Crippen LogP) is 3.76. The van der Waals surface area contributed by atoms with Gasteiger partial charge in [0.1, 0.15) is 5.75 Å². The normalized spacial score (nSPS) is 14.2. The maximum absolute atomic E-state index is 8.92. The summed E-state index contributed by atoms with van der Waals surface area (Å²) < 4.78 is 5.92. The molecule has 0 bridgehead atoms. The highest BCUT2D eigenvalue weighted by Crippen LogP contribution is 2.24. The molecule has 0 amide bonds. The molecular formula is C24H40N6O. The number of hydrogen-bond acceptors (Lipinski definition) is 5. The summed E-state index contributed by atoms with van der Waals surface area (Å²) in [5.74, 6) is 1.46. The lowest BCUT2D eigenvalue weighted by molar-refractivity contribution is 0.313. The first-order valence-electron chi connectivity index (χ1n) is 11.9. The predicted molar refractivity (Wildman–Crippen MR) is 128 cm³/mol. The highest BCUT2D eigenvalue weighted by Gasteiger charge is 2.11. The van der Waals surface area contributed by atoms with Crippen LogP contribution in [0.1, 0.15) is 64.2 Å². The minimum Gasteiger partial charge on any atom is -0.493 e. The molecule has 2 rings (SSSR count). The second-order valence-electron chi connectivity index (χ2n) is 8.05. The van der Waals surface area contributed by atoms with Gasteiger partial charge in [0.25, 0.3) is 0 Å². The number of nitrogens with two attached hydrogens (primary N) is 1. The summed E-state index contributed by atoms with van der Waals surface area (Å²) in [5, 5.41) is 14.8. The van der Waals surface area contributed by atoms with Crippen molar-refractivity contribution in [2.24, 2.45) is 10.7 Å². The lowest BCUT2D eigenvalue weighted by Crippen LogP contribution is -2.35. The summed E-state index contributed by atoms with van der Waals surface area (Å²) in [6, 6.07) is 8.37. The van der Waals surface area contributed by atoms with Crippen molar-refractivity contribution in [2.45, 2.75) is 64.2 Å². The SMILES string of the molecule is N#CNC(=NCCCOc1cccc(N2CCCCC2)c1)NCCCCCCCCN. The maximum atomic E-state index is 8.92. The van der Waals surface area contributed by atoms with E-state index in [0.717, 1.165) is 51.2 Å². The molecule has 7 nitrogen and oxygen atoms in total. The molecule has 1 aromatic carbocycles. The largest absolute Gasteiger partial charge is 0.493 e. The Morgan fingerprint density at radius 2 is 1.84 bits per heavy atom.